The maximum atomic E-state index is 11.2. The minimum atomic E-state index is -0.352. The quantitative estimate of drug-likeness (QED) is 0.175. The molecular weight excluding hydrogens is 434 g/mol. The molecule has 0 saturated carbocycles. The fraction of sp³-hybridized carbons (Fsp3) is 0.280. The van der Waals surface area contributed by atoms with Gasteiger partial charge in [0.15, 0.2) is 0 Å². The van der Waals surface area contributed by atoms with Crippen LogP contribution in [0.15, 0.2) is 60.8 Å². The highest BCUT2D eigenvalue weighted by Crippen LogP contribution is 2.23. The highest BCUT2D eigenvalue weighted by molar-refractivity contribution is 5.88. The molecule has 0 bridgehead atoms. The maximum absolute atomic E-state index is 11.2. The standard InChI is InChI=1S/C25H29N5O4/c1-18(31)27-20-12-10-19(11-13-20)23-14-15-26-25(29-23)28-21-7-6-8-22(17-21)34-16-5-3-2-4-9-24(32)30-33/h6-8,10-15,17,33H,2-5,9,16H2,1H3,(H,27,31)(H,30,32)(H,26,28,29). The molecule has 34 heavy (non-hydrogen) atoms. The number of hydroxylamine groups is 1. The van der Waals surface area contributed by atoms with Gasteiger partial charge in [-0.2, -0.15) is 0 Å². The molecule has 0 fully saturated rings. The number of amides is 2. The predicted octanol–water partition coefficient (Wildman–Crippen LogP) is 4.68. The summed E-state index contributed by atoms with van der Waals surface area (Å²) < 4.78 is 5.83. The van der Waals surface area contributed by atoms with Gasteiger partial charge in [-0.05, 0) is 43.2 Å². The van der Waals surface area contributed by atoms with Crippen molar-refractivity contribution in [3.05, 3.63) is 60.8 Å². The number of hydrogen-bond donors (Lipinski definition) is 4. The first kappa shape index (κ1) is 24.7. The zero-order valence-electron chi connectivity index (χ0n) is 19.1. The van der Waals surface area contributed by atoms with Crippen molar-refractivity contribution in [2.24, 2.45) is 0 Å². The highest BCUT2D eigenvalue weighted by Gasteiger charge is 2.05. The summed E-state index contributed by atoms with van der Waals surface area (Å²) in [5.41, 5.74) is 4.85. The monoisotopic (exact) mass is 463 g/mol. The van der Waals surface area contributed by atoms with Crippen LogP contribution in [-0.4, -0.2) is 33.6 Å². The molecule has 0 saturated heterocycles. The highest BCUT2D eigenvalue weighted by atomic mass is 16.5. The second-order valence-electron chi connectivity index (χ2n) is 7.72. The Morgan fingerprint density at radius 2 is 1.76 bits per heavy atom. The third-order valence-electron chi connectivity index (χ3n) is 4.94. The molecule has 0 atom stereocenters. The van der Waals surface area contributed by atoms with Crippen molar-refractivity contribution in [1.82, 2.24) is 15.4 Å². The van der Waals surface area contributed by atoms with Crippen LogP contribution in [0.2, 0.25) is 0 Å². The van der Waals surface area contributed by atoms with E-state index in [1.54, 1.807) is 11.7 Å². The molecule has 4 N–H and O–H groups in total. The Hall–Kier alpha value is -3.98. The zero-order chi connectivity index (χ0) is 24.2. The van der Waals surface area contributed by atoms with Gasteiger partial charge in [0, 0.05) is 42.5 Å². The number of rotatable bonds is 12. The van der Waals surface area contributed by atoms with Crippen molar-refractivity contribution in [1.29, 1.82) is 0 Å². The van der Waals surface area contributed by atoms with E-state index >= 15 is 0 Å². The molecule has 3 rings (SSSR count). The normalized spacial score (nSPS) is 10.4. The van der Waals surface area contributed by atoms with Crippen LogP contribution < -0.4 is 20.9 Å². The molecular formula is C25H29N5O4. The number of nitrogens with one attached hydrogen (secondary N) is 3. The smallest absolute Gasteiger partial charge is 0.243 e. The first-order chi connectivity index (χ1) is 16.5. The SMILES string of the molecule is CC(=O)Nc1ccc(-c2ccnc(Nc3cccc(OCCCCCCC(=O)NO)c3)n2)cc1. The van der Waals surface area contributed by atoms with Crippen molar-refractivity contribution in [3.8, 4) is 17.0 Å². The number of benzene rings is 2. The predicted molar refractivity (Wildman–Crippen MR) is 130 cm³/mol. The van der Waals surface area contributed by atoms with Gasteiger partial charge < -0.3 is 15.4 Å². The second kappa shape index (κ2) is 12.9. The average molecular weight is 464 g/mol. The minimum Gasteiger partial charge on any atom is -0.494 e. The molecule has 1 aromatic heterocycles. The number of ether oxygens (including phenoxy) is 1. The number of carbonyl (C=O) groups excluding carboxylic acids is 2. The molecule has 2 aromatic carbocycles. The molecule has 178 valence electrons. The number of hydrogen-bond acceptors (Lipinski definition) is 7. The molecule has 0 unspecified atom stereocenters. The Bertz CT molecular complexity index is 1090. The summed E-state index contributed by atoms with van der Waals surface area (Å²) in [6.45, 7) is 2.05. The number of nitrogens with zero attached hydrogens (tertiary/aromatic N) is 2. The van der Waals surface area contributed by atoms with E-state index in [1.165, 1.54) is 6.92 Å². The number of unbranched alkanes of at least 4 members (excludes halogenated alkanes) is 3. The third kappa shape index (κ3) is 8.18. The Labute approximate surface area is 198 Å². The lowest BCUT2D eigenvalue weighted by Gasteiger charge is -2.10. The van der Waals surface area contributed by atoms with Gasteiger partial charge in [0.1, 0.15) is 5.75 Å². The van der Waals surface area contributed by atoms with Crippen molar-refractivity contribution < 1.29 is 19.5 Å². The van der Waals surface area contributed by atoms with Gasteiger partial charge >= 0.3 is 0 Å². The summed E-state index contributed by atoms with van der Waals surface area (Å²) in [7, 11) is 0. The lowest BCUT2D eigenvalue weighted by molar-refractivity contribution is -0.129. The molecule has 0 radical (unpaired) electrons. The van der Waals surface area contributed by atoms with Crippen molar-refractivity contribution in [2.45, 2.75) is 39.0 Å². The summed E-state index contributed by atoms with van der Waals surface area (Å²) in [6, 6.07) is 16.9. The minimum absolute atomic E-state index is 0.114. The van der Waals surface area contributed by atoms with E-state index in [9.17, 15) is 9.59 Å². The Balaban J connectivity index is 1.51. The second-order valence-corrected chi connectivity index (χ2v) is 7.72. The van der Waals surface area contributed by atoms with E-state index < -0.39 is 0 Å². The van der Waals surface area contributed by atoms with E-state index in [1.807, 2.05) is 54.6 Å². The molecule has 0 aliphatic heterocycles. The molecule has 1 heterocycles. The van der Waals surface area contributed by atoms with Crippen LogP contribution in [0, 0.1) is 0 Å². The van der Waals surface area contributed by atoms with Crippen molar-refractivity contribution in [2.75, 3.05) is 17.2 Å². The van der Waals surface area contributed by atoms with Gasteiger partial charge in [-0.1, -0.05) is 31.0 Å². The molecule has 0 aliphatic carbocycles. The Morgan fingerprint density at radius 1 is 0.971 bits per heavy atom. The average Bonchev–Trinajstić information content (AvgIpc) is 2.84. The summed E-state index contributed by atoms with van der Waals surface area (Å²) in [5.74, 6) is 0.744. The van der Waals surface area contributed by atoms with Gasteiger partial charge in [-0.25, -0.2) is 15.4 Å². The van der Waals surface area contributed by atoms with Crippen LogP contribution in [0.3, 0.4) is 0 Å². The van der Waals surface area contributed by atoms with Gasteiger partial charge in [-0.3, -0.25) is 14.8 Å². The topological polar surface area (TPSA) is 125 Å². The first-order valence-corrected chi connectivity index (χ1v) is 11.2. The van der Waals surface area contributed by atoms with Crippen LogP contribution in [-0.2, 0) is 9.59 Å². The maximum Gasteiger partial charge on any atom is 0.243 e. The third-order valence-corrected chi connectivity index (χ3v) is 4.94. The van der Waals surface area contributed by atoms with E-state index in [0.29, 0.717) is 19.0 Å². The molecule has 0 aliphatic rings. The molecule has 9 heteroatoms. The van der Waals surface area contributed by atoms with Crippen LogP contribution >= 0.6 is 0 Å². The van der Waals surface area contributed by atoms with Crippen molar-refractivity contribution >= 4 is 29.1 Å². The lowest BCUT2D eigenvalue weighted by atomic mass is 10.1. The zero-order valence-corrected chi connectivity index (χ0v) is 19.1. The van der Waals surface area contributed by atoms with Crippen LogP contribution in [0.4, 0.5) is 17.3 Å². The van der Waals surface area contributed by atoms with Crippen LogP contribution in [0.1, 0.15) is 39.0 Å². The van der Waals surface area contributed by atoms with Gasteiger partial charge in [0.25, 0.3) is 0 Å². The largest absolute Gasteiger partial charge is 0.494 e. The Kier molecular flexibility index (Phi) is 9.36. The summed E-state index contributed by atoms with van der Waals surface area (Å²) in [5, 5.41) is 14.4. The van der Waals surface area contributed by atoms with E-state index in [4.69, 9.17) is 9.94 Å². The molecule has 0 spiro atoms. The fourth-order valence-electron chi connectivity index (χ4n) is 3.29. The van der Waals surface area contributed by atoms with E-state index in [0.717, 1.165) is 54.1 Å². The van der Waals surface area contributed by atoms with E-state index in [-0.39, 0.29) is 11.8 Å². The van der Waals surface area contributed by atoms with Crippen molar-refractivity contribution in [3.63, 3.8) is 0 Å². The van der Waals surface area contributed by atoms with E-state index in [2.05, 4.69) is 20.6 Å². The Morgan fingerprint density at radius 3 is 2.53 bits per heavy atom. The first-order valence-electron chi connectivity index (χ1n) is 11.2. The number of anilines is 3. The molecule has 2 amide bonds. The summed E-state index contributed by atoms with van der Waals surface area (Å²) in [6.07, 6.45) is 5.49. The van der Waals surface area contributed by atoms with Gasteiger partial charge in [0.2, 0.25) is 17.8 Å². The molecule has 9 nitrogen and oxygen atoms in total. The van der Waals surface area contributed by atoms with Gasteiger partial charge in [-0.15, -0.1) is 0 Å². The van der Waals surface area contributed by atoms with Crippen LogP contribution in [0.25, 0.3) is 11.3 Å². The number of aromatic nitrogens is 2. The summed E-state index contributed by atoms with van der Waals surface area (Å²) in [4.78, 5) is 31.0. The molecule has 3 aromatic rings. The van der Waals surface area contributed by atoms with Gasteiger partial charge in [0.05, 0.1) is 12.3 Å². The summed E-state index contributed by atoms with van der Waals surface area (Å²) >= 11 is 0. The number of carbonyl (C=O) groups is 2. The van der Waals surface area contributed by atoms with Crippen LogP contribution in [0.5, 0.6) is 5.75 Å². The fourth-order valence-corrected chi connectivity index (χ4v) is 3.29. The lowest BCUT2D eigenvalue weighted by Crippen LogP contribution is -2.17.